The van der Waals surface area contributed by atoms with E-state index in [9.17, 15) is 9.18 Å². The van der Waals surface area contributed by atoms with Crippen LogP contribution in [0.4, 0.5) is 4.39 Å². The highest BCUT2D eigenvalue weighted by molar-refractivity contribution is 5.96. The summed E-state index contributed by atoms with van der Waals surface area (Å²) in [5.74, 6) is -0.498. The standard InChI is InChI=1S/C21H19FN2O/c1-23-14-19(18-7-2-3-8-20(18)23)15-9-11-24(12-10-15)21(25)16-5-4-6-17(22)13-16/h2-9,13-14H,10-12H2,1H3. The van der Waals surface area contributed by atoms with Gasteiger partial charge in [-0.3, -0.25) is 4.79 Å². The number of amides is 1. The first kappa shape index (κ1) is 15.6. The molecule has 126 valence electrons. The monoisotopic (exact) mass is 334 g/mol. The summed E-state index contributed by atoms with van der Waals surface area (Å²) in [4.78, 5) is 14.3. The van der Waals surface area contributed by atoms with Crippen molar-refractivity contribution in [1.29, 1.82) is 0 Å². The molecule has 1 aliphatic rings. The molecule has 4 rings (SSSR count). The maximum Gasteiger partial charge on any atom is 0.254 e. The molecule has 0 spiro atoms. The lowest BCUT2D eigenvalue weighted by molar-refractivity contribution is 0.0772. The van der Waals surface area contributed by atoms with E-state index in [-0.39, 0.29) is 11.7 Å². The molecule has 2 heterocycles. The number of rotatable bonds is 2. The van der Waals surface area contributed by atoms with Gasteiger partial charge in [-0.1, -0.05) is 30.3 Å². The molecule has 3 aromatic rings. The lowest BCUT2D eigenvalue weighted by atomic mass is 9.98. The van der Waals surface area contributed by atoms with Crippen molar-refractivity contribution >= 4 is 22.4 Å². The SMILES string of the molecule is Cn1cc(C2=CCN(C(=O)c3cccc(F)c3)CC2)c2ccccc21. The van der Waals surface area contributed by atoms with Gasteiger partial charge in [0.1, 0.15) is 5.82 Å². The summed E-state index contributed by atoms with van der Waals surface area (Å²) in [5, 5.41) is 1.24. The molecule has 3 nitrogen and oxygen atoms in total. The van der Waals surface area contributed by atoms with Crippen LogP contribution in [0.25, 0.3) is 16.5 Å². The Labute approximate surface area is 146 Å². The van der Waals surface area contributed by atoms with Gasteiger partial charge >= 0.3 is 0 Å². The van der Waals surface area contributed by atoms with Crippen LogP contribution in [-0.4, -0.2) is 28.5 Å². The van der Waals surface area contributed by atoms with Crippen molar-refractivity contribution in [2.75, 3.05) is 13.1 Å². The Morgan fingerprint density at radius 3 is 2.72 bits per heavy atom. The second-order valence-corrected chi connectivity index (χ2v) is 6.41. The molecule has 4 heteroatoms. The smallest absolute Gasteiger partial charge is 0.254 e. The molecule has 0 bridgehead atoms. The molecule has 0 fully saturated rings. The number of carbonyl (C=O) groups is 1. The lowest BCUT2D eigenvalue weighted by Gasteiger charge is -2.26. The summed E-state index contributed by atoms with van der Waals surface area (Å²) in [6.07, 6.45) is 5.07. The van der Waals surface area contributed by atoms with Crippen molar-refractivity contribution in [3.05, 3.63) is 77.7 Å². The molecule has 25 heavy (non-hydrogen) atoms. The van der Waals surface area contributed by atoms with Crippen molar-refractivity contribution in [3.8, 4) is 0 Å². The Kier molecular flexibility index (Phi) is 3.88. The van der Waals surface area contributed by atoms with E-state index in [0.29, 0.717) is 18.7 Å². The van der Waals surface area contributed by atoms with E-state index < -0.39 is 0 Å². The minimum atomic E-state index is -0.380. The fourth-order valence-corrected chi connectivity index (χ4v) is 3.50. The Morgan fingerprint density at radius 2 is 1.96 bits per heavy atom. The summed E-state index contributed by atoms with van der Waals surface area (Å²) in [7, 11) is 2.05. The number of halogens is 1. The molecule has 1 amide bonds. The minimum Gasteiger partial charge on any atom is -0.350 e. The summed E-state index contributed by atoms with van der Waals surface area (Å²) in [6.45, 7) is 1.19. The van der Waals surface area contributed by atoms with E-state index in [1.54, 1.807) is 17.0 Å². The fraction of sp³-hybridized carbons (Fsp3) is 0.190. The molecule has 0 saturated carbocycles. The van der Waals surface area contributed by atoms with Gasteiger partial charge in [0, 0.05) is 48.4 Å². The van der Waals surface area contributed by atoms with Gasteiger partial charge in [0.2, 0.25) is 0 Å². The number of para-hydroxylation sites is 1. The molecular weight excluding hydrogens is 315 g/mol. The lowest BCUT2D eigenvalue weighted by Crippen LogP contribution is -2.34. The third-order valence-electron chi connectivity index (χ3n) is 4.81. The van der Waals surface area contributed by atoms with Gasteiger partial charge in [-0.2, -0.15) is 0 Å². The molecule has 0 radical (unpaired) electrons. The number of carbonyl (C=O) groups excluding carboxylic acids is 1. The van der Waals surface area contributed by atoms with Crippen LogP contribution in [0.3, 0.4) is 0 Å². The highest BCUT2D eigenvalue weighted by Gasteiger charge is 2.21. The van der Waals surface area contributed by atoms with Crippen molar-refractivity contribution in [1.82, 2.24) is 9.47 Å². The van der Waals surface area contributed by atoms with Crippen LogP contribution in [0.5, 0.6) is 0 Å². The third kappa shape index (κ3) is 2.84. The molecular formula is C21H19FN2O. The van der Waals surface area contributed by atoms with Crippen LogP contribution in [0.15, 0.2) is 60.8 Å². The fourth-order valence-electron chi connectivity index (χ4n) is 3.50. The van der Waals surface area contributed by atoms with E-state index in [2.05, 4.69) is 42.1 Å². The topological polar surface area (TPSA) is 25.2 Å². The van der Waals surface area contributed by atoms with Gasteiger partial charge in [-0.15, -0.1) is 0 Å². The Bertz CT molecular complexity index is 986. The average Bonchev–Trinajstić information content (AvgIpc) is 2.98. The van der Waals surface area contributed by atoms with Gasteiger partial charge in [0.05, 0.1) is 0 Å². The molecule has 1 aliphatic heterocycles. The molecule has 2 aromatic carbocycles. The Morgan fingerprint density at radius 1 is 1.12 bits per heavy atom. The summed E-state index contributed by atoms with van der Waals surface area (Å²) < 4.78 is 15.5. The van der Waals surface area contributed by atoms with E-state index in [0.717, 1.165) is 6.42 Å². The van der Waals surface area contributed by atoms with Crippen molar-refractivity contribution < 1.29 is 9.18 Å². The van der Waals surface area contributed by atoms with Crippen LogP contribution in [0.1, 0.15) is 22.3 Å². The van der Waals surface area contributed by atoms with Crippen LogP contribution in [-0.2, 0) is 7.05 Å². The second kappa shape index (κ2) is 6.20. The van der Waals surface area contributed by atoms with Crippen LogP contribution < -0.4 is 0 Å². The predicted molar refractivity (Wildman–Crippen MR) is 97.8 cm³/mol. The van der Waals surface area contributed by atoms with Gasteiger partial charge < -0.3 is 9.47 Å². The Balaban J connectivity index is 1.59. The molecule has 0 atom stereocenters. The Hall–Kier alpha value is -2.88. The van der Waals surface area contributed by atoms with Crippen LogP contribution in [0, 0.1) is 5.82 Å². The van der Waals surface area contributed by atoms with E-state index in [1.807, 2.05) is 6.07 Å². The molecule has 0 N–H and O–H groups in total. The highest BCUT2D eigenvalue weighted by Crippen LogP contribution is 2.30. The quantitative estimate of drug-likeness (QED) is 0.688. The molecule has 0 aliphatic carbocycles. The van der Waals surface area contributed by atoms with Crippen molar-refractivity contribution in [3.63, 3.8) is 0 Å². The normalized spacial score (nSPS) is 14.6. The number of benzene rings is 2. The van der Waals surface area contributed by atoms with Gasteiger partial charge in [-0.05, 0) is 36.3 Å². The zero-order chi connectivity index (χ0) is 17.4. The highest BCUT2D eigenvalue weighted by atomic mass is 19.1. The van der Waals surface area contributed by atoms with Crippen molar-refractivity contribution in [2.45, 2.75) is 6.42 Å². The summed E-state index contributed by atoms with van der Waals surface area (Å²) in [5.41, 5.74) is 4.11. The first-order valence-corrected chi connectivity index (χ1v) is 8.42. The summed E-state index contributed by atoms with van der Waals surface area (Å²) in [6, 6.07) is 14.2. The van der Waals surface area contributed by atoms with Gasteiger partial charge in [-0.25, -0.2) is 4.39 Å². The molecule has 1 aromatic heterocycles. The van der Waals surface area contributed by atoms with E-state index in [1.165, 1.54) is 34.2 Å². The first-order chi connectivity index (χ1) is 12.1. The average molecular weight is 334 g/mol. The summed E-state index contributed by atoms with van der Waals surface area (Å²) >= 11 is 0. The minimum absolute atomic E-state index is 0.118. The first-order valence-electron chi connectivity index (χ1n) is 8.42. The number of fused-ring (bicyclic) bond motifs is 1. The zero-order valence-electron chi connectivity index (χ0n) is 14.1. The van der Waals surface area contributed by atoms with E-state index in [4.69, 9.17) is 0 Å². The number of hydrogen-bond acceptors (Lipinski definition) is 1. The number of hydrogen-bond donors (Lipinski definition) is 0. The van der Waals surface area contributed by atoms with Gasteiger partial charge in [0.25, 0.3) is 5.91 Å². The number of nitrogens with zero attached hydrogens (tertiary/aromatic N) is 2. The zero-order valence-corrected chi connectivity index (χ0v) is 14.1. The predicted octanol–water partition coefficient (Wildman–Crippen LogP) is 4.25. The van der Waals surface area contributed by atoms with Crippen LogP contribution >= 0.6 is 0 Å². The number of aromatic nitrogens is 1. The van der Waals surface area contributed by atoms with E-state index >= 15 is 0 Å². The van der Waals surface area contributed by atoms with Crippen LogP contribution in [0.2, 0.25) is 0 Å². The third-order valence-corrected chi connectivity index (χ3v) is 4.81. The maximum atomic E-state index is 13.3. The molecule has 0 saturated heterocycles. The second-order valence-electron chi connectivity index (χ2n) is 6.41. The van der Waals surface area contributed by atoms with Gasteiger partial charge in [0.15, 0.2) is 0 Å². The molecule has 0 unspecified atom stereocenters. The largest absolute Gasteiger partial charge is 0.350 e. The number of aryl methyl sites for hydroxylation is 1. The van der Waals surface area contributed by atoms with Crippen molar-refractivity contribution in [2.24, 2.45) is 7.05 Å². The maximum absolute atomic E-state index is 13.3.